The first-order valence-electron chi connectivity index (χ1n) is 5.99. The number of methoxy groups -OCH3 is 1. The van der Waals surface area contributed by atoms with E-state index < -0.39 is 15.6 Å². The van der Waals surface area contributed by atoms with E-state index in [2.05, 4.69) is 11.6 Å². The van der Waals surface area contributed by atoms with Gasteiger partial charge in [-0.3, -0.25) is 0 Å². The van der Waals surface area contributed by atoms with Crippen LogP contribution in [0.15, 0.2) is 0 Å². The van der Waals surface area contributed by atoms with Gasteiger partial charge in [0.2, 0.25) is 10.0 Å². The van der Waals surface area contributed by atoms with Gasteiger partial charge < -0.3 is 4.74 Å². The number of ether oxygens (including phenoxy) is 1. The Bertz CT molecular complexity index is 334. The van der Waals surface area contributed by atoms with E-state index in [1.54, 1.807) is 0 Å². The molecule has 102 valence electrons. The van der Waals surface area contributed by atoms with Crippen molar-refractivity contribution in [2.24, 2.45) is 5.92 Å². The number of nitrogens with one attached hydrogen (secondary N) is 1. The van der Waals surface area contributed by atoms with Gasteiger partial charge in [-0.05, 0) is 18.8 Å². The van der Waals surface area contributed by atoms with E-state index in [0.29, 0.717) is 11.8 Å². The first kappa shape index (κ1) is 15.2. The Morgan fingerprint density at radius 2 is 2.24 bits per heavy atom. The quantitative estimate of drug-likeness (QED) is 0.756. The summed E-state index contributed by atoms with van der Waals surface area (Å²) in [6.45, 7) is 2.35. The van der Waals surface area contributed by atoms with E-state index in [-0.39, 0.29) is 12.4 Å². The third-order valence-electron chi connectivity index (χ3n) is 3.28. The highest BCUT2D eigenvalue weighted by atomic mass is 35.5. The Morgan fingerprint density at radius 1 is 1.53 bits per heavy atom. The SMILES string of the molecule is COCCS(=O)(=O)NC1(CCl)CCCC(C)C1. The van der Waals surface area contributed by atoms with Crippen molar-refractivity contribution in [2.75, 3.05) is 25.3 Å². The van der Waals surface area contributed by atoms with Crippen LogP contribution in [0.1, 0.15) is 32.6 Å². The minimum absolute atomic E-state index is 0.00345. The predicted molar refractivity (Wildman–Crippen MR) is 69.9 cm³/mol. The molecule has 0 aromatic rings. The highest BCUT2D eigenvalue weighted by molar-refractivity contribution is 7.89. The highest BCUT2D eigenvalue weighted by Crippen LogP contribution is 2.33. The molecule has 0 saturated heterocycles. The van der Waals surface area contributed by atoms with Crippen molar-refractivity contribution < 1.29 is 13.2 Å². The summed E-state index contributed by atoms with van der Waals surface area (Å²) in [5.74, 6) is 0.854. The first-order valence-corrected chi connectivity index (χ1v) is 8.18. The molecule has 1 saturated carbocycles. The third kappa shape index (κ3) is 4.73. The van der Waals surface area contributed by atoms with Crippen LogP contribution in [0.2, 0.25) is 0 Å². The van der Waals surface area contributed by atoms with Crippen LogP contribution in [0.4, 0.5) is 0 Å². The van der Waals surface area contributed by atoms with Gasteiger partial charge in [-0.15, -0.1) is 11.6 Å². The molecule has 1 N–H and O–H groups in total. The summed E-state index contributed by atoms with van der Waals surface area (Å²) in [7, 11) is -1.80. The summed E-state index contributed by atoms with van der Waals surface area (Å²) in [6.07, 6.45) is 3.83. The van der Waals surface area contributed by atoms with Gasteiger partial charge in [0.05, 0.1) is 12.4 Å². The van der Waals surface area contributed by atoms with Gasteiger partial charge in [-0.2, -0.15) is 0 Å². The standard InChI is InChI=1S/C11H22ClNO3S/c1-10-4-3-5-11(8-10,9-12)13-17(14,15)7-6-16-2/h10,13H,3-9H2,1-2H3. The molecule has 0 amide bonds. The molecule has 2 atom stereocenters. The fraction of sp³-hybridized carbons (Fsp3) is 1.00. The third-order valence-corrected chi connectivity index (χ3v) is 5.24. The molecular formula is C11H22ClNO3S. The van der Waals surface area contributed by atoms with Crippen molar-refractivity contribution >= 4 is 21.6 Å². The van der Waals surface area contributed by atoms with Crippen LogP contribution in [-0.4, -0.2) is 39.3 Å². The fourth-order valence-electron chi connectivity index (χ4n) is 2.48. The molecule has 2 unspecified atom stereocenters. The van der Waals surface area contributed by atoms with Gasteiger partial charge in [0.15, 0.2) is 0 Å². The summed E-state index contributed by atoms with van der Waals surface area (Å²) in [5, 5.41) is 0. The van der Waals surface area contributed by atoms with E-state index in [1.165, 1.54) is 7.11 Å². The van der Waals surface area contributed by atoms with E-state index in [9.17, 15) is 8.42 Å². The minimum Gasteiger partial charge on any atom is -0.384 e. The van der Waals surface area contributed by atoms with Crippen LogP contribution in [0.3, 0.4) is 0 Å². The Morgan fingerprint density at radius 3 is 2.76 bits per heavy atom. The van der Waals surface area contributed by atoms with Gasteiger partial charge in [0.1, 0.15) is 0 Å². The molecule has 0 aromatic carbocycles. The van der Waals surface area contributed by atoms with Gasteiger partial charge in [-0.25, -0.2) is 13.1 Å². The zero-order valence-electron chi connectivity index (χ0n) is 10.5. The second kappa shape index (κ2) is 6.36. The average molecular weight is 284 g/mol. The second-order valence-corrected chi connectivity index (χ2v) is 7.14. The van der Waals surface area contributed by atoms with Crippen molar-refractivity contribution in [3.05, 3.63) is 0 Å². The minimum atomic E-state index is -3.30. The van der Waals surface area contributed by atoms with Crippen LogP contribution in [0.25, 0.3) is 0 Å². The molecular weight excluding hydrogens is 262 g/mol. The number of hydrogen-bond acceptors (Lipinski definition) is 3. The number of hydrogen-bond donors (Lipinski definition) is 1. The van der Waals surface area contributed by atoms with E-state index in [0.717, 1.165) is 25.7 Å². The van der Waals surface area contributed by atoms with Crippen LogP contribution in [-0.2, 0) is 14.8 Å². The van der Waals surface area contributed by atoms with E-state index in [1.807, 2.05) is 0 Å². The van der Waals surface area contributed by atoms with Crippen molar-refractivity contribution in [3.8, 4) is 0 Å². The lowest BCUT2D eigenvalue weighted by molar-refractivity contribution is 0.214. The number of rotatable bonds is 6. The molecule has 0 heterocycles. The number of alkyl halides is 1. The zero-order chi connectivity index (χ0) is 12.9. The van der Waals surface area contributed by atoms with Crippen molar-refractivity contribution in [1.82, 2.24) is 4.72 Å². The highest BCUT2D eigenvalue weighted by Gasteiger charge is 2.37. The van der Waals surface area contributed by atoms with E-state index >= 15 is 0 Å². The van der Waals surface area contributed by atoms with Crippen LogP contribution < -0.4 is 4.72 Å². The molecule has 0 aromatic heterocycles. The Labute approximate surface area is 109 Å². The first-order chi connectivity index (χ1) is 7.93. The normalized spacial score (nSPS) is 30.4. The Kier molecular flexibility index (Phi) is 5.70. The molecule has 6 heteroatoms. The fourth-order valence-corrected chi connectivity index (χ4v) is 4.27. The molecule has 1 fully saturated rings. The van der Waals surface area contributed by atoms with Crippen LogP contribution in [0, 0.1) is 5.92 Å². The van der Waals surface area contributed by atoms with Crippen molar-refractivity contribution in [3.63, 3.8) is 0 Å². The largest absolute Gasteiger partial charge is 0.384 e. The Hall–Kier alpha value is 0.160. The molecule has 0 radical (unpaired) electrons. The lowest BCUT2D eigenvalue weighted by Gasteiger charge is -2.39. The molecule has 17 heavy (non-hydrogen) atoms. The summed E-state index contributed by atoms with van der Waals surface area (Å²) >= 11 is 5.98. The van der Waals surface area contributed by atoms with Gasteiger partial charge in [0.25, 0.3) is 0 Å². The summed E-state index contributed by atoms with van der Waals surface area (Å²) < 4.78 is 31.3. The maximum atomic E-state index is 11.9. The topological polar surface area (TPSA) is 55.4 Å². The lowest BCUT2D eigenvalue weighted by Crippen LogP contribution is -2.53. The lowest BCUT2D eigenvalue weighted by atomic mass is 9.78. The summed E-state index contributed by atoms with van der Waals surface area (Å²) in [5.41, 5.74) is -0.453. The van der Waals surface area contributed by atoms with Crippen LogP contribution >= 0.6 is 11.6 Å². The van der Waals surface area contributed by atoms with Gasteiger partial charge in [0, 0.05) is 18.5 Å². The average Bonchev–Trinajstić information content (AvgIpc) is 2.26. The summed E-state index contributed by atoms with van der Waals surface area (Å²) in [6, 6.07) is 0. The smallest absolute Gasteiger partial charge is 0.214 e. The van der Waals surface area contributed by atoms with Crippen molar-refractivity contribution in [1.29, 1.82) is 0 Å². The van der Waals surface area contributed by atoms with Gasteiger partial charge >= 0.3 is 0 Å². The predicted octanol–water partition coefficient (Wildman–Crippen LogP) is 1.74. The molecule has 0 spiro atoms. The molecule has 1 aliphatic rings. The zero-order valence-corrected chi connectivity index (χ0v) is 12.1. The number of halogens is 1. The maximum Gasteiger partial charge on any atom is 0.214 e. The molecule has 0 bridgehead atoms. The maximum absolute atomic E-state index is 11.9. The molecule has 1 rings (SSSR count). The Balaban J connectivity index is 2.68. The van der Waals surface area contributed by atoms with E-state index in [4.69, 9.17) is 16.3 Å². The van der Waals surface area contributed by atoms with Crippen LogP contribution in [0.5, 0.6) is 0 Å². The molecule has 4 nitrogen and oxygen atoms in total. The monoisotopic (exact) mass is 283 g/mol. The second-order valence-electron chi connectivity index (χ2n) is 5.03. The number of sulfonamides is 1. The van der Waals surface area contributed by atoms with Gasteiger partial charge in [-0.1, -0.05) is 19.8 Å². The molecule has 0 aliphatic heterocycles. The summed E-state index contributed by atoms with van der Waals surface area (Å²) in [4.78, 5) is 0. The van der Waals surface area contributed by atoms with Crippen molar-refractivity contribution in [2.45, 2.75) is 38.1 Å². The molecule has 1 aliphatic carbocycles.